The Balaban J connectivity index is 1.34. The number of rotatable bonds is 7. The fraction of sp³-hybridized carbons (Fsp3) is 0.478. The number of ether oxygens (including phenoxy) is 1. The number of likely N-dealkylation sites (tertiary alicyclic amines) is 1. The predicted molar refractivity (Wildman–Crippen MR) is 117 cm³/mol. The molecule has 2 aliphatic rings. The molecule has 6 nitrogen and oxygen atoms in total. The average molecular weight is 428 g/mol. The number of carbonyl (C=O) groups excluding carboxylic acids is 2. The van der Waals surface area contributed by atoms with E-state index in [2.05, 4.69) is 22.3 Å². The van der Waals surface area contributed by atoms with E-state index in [9.17, 15) is 9.59 Å². The summed E-state index contributed by atoms with van der Waals surface area (Å²) >= 11 is 1.58. The highest BCUT2D eigenvalue weighted by atomic mass is 32.1. The zero-order valence-electron chi connectivity index (χ0n) is 17.6. The molecule has 2 fully saturated rings. The molecule has 3 amide bonds. The van der Waals surface area contributed by atoms with Crippen molar-refractivity contribution < 1.29 is 14.3 Å². The van der Waals surface area contributed by atoms with Gasteiger partial charge in [-0.15, -0.1) is 0 Å². The van der Waals surface area contributed by atoms with Crippen molar-refractivity contribution in [2.45, 2.75) is 45.3 Å². The molecule has 1 aromatic heterocycles. The molecule has 1 N–H and O–H groups in total. The van der Waals surface area contributed by atoms with Gasteiger partial charge in [0.1, 0.15) is 11.3 Å². The molecule has 2 aliphatic heterocycles. The summed E-state index contributed by atoms with van der Waals surface area (Å²) in [6.45, 7) is 7.62. The molecule has 0 bridgehead atoms. The highest BCUT2D eigenvalue weighted by Crippen LogP contribution is 2.34. The van der Waals surface area contributed by atoms with Crippen molar-refractivity contribution in [2.75, 3.05) is 19.7 Å². The third-order valence-corrected chi connectivity index (χ3v) is 7.00. The van der Waals surface area contributed by atoms with Crippen LogP contribution in [-0.2, 0) is 17.9 Å². The van der Waals surface area contributed by atoms with Crippen LogP contribution in [-0.4, -0.2) is 47.0 Å². The summed E-state index contributed by atoms with van der Waals surface area (Å²) in [6.07, 6.45) is 1.79. The van der Waals surface area contributed by atoms with Crippen LogP contribution < -0.4 is 10.1 Å². The van der Waals surface area contributed by atoms with Crippen molar-refractivity contribution in [3.63, 3.8) is 0 Å². The summed E-state index contributed by atoms with van der Waals surface area (Å²) in [5.74, 6) is 0.956. The van der Waals surface area contributed by atoms with E-state index in [1.54, 1.807) is 11.3 Å². The number of hydrogen-bond acceptors (Lipinski definition) is 5. The molecule has 0 unspecified atom stereocenters. The molecule has 3 heterocycles. The molecule has 4 rings (SSSR count). The van der Waals surface area contributed by atoms with Gasteiger partial charge in [-0.05, 0) is 85.8 Å². The molecule has 0 aliphatic carbocycles. The van der Waals surface area contributed by atoms with Crippen LogP contribution in [0.1, 0.15) is 37.8 Å². The molecule has 2 aromatic rings. The Hall–Kier alpha value is -2.38. The van der Waals surface area contributed by atoms with Gasteiger partial charge in [0.25, 0.3) is 5.91 Å². The quantitative estimate of drug-likeness (QED) is 0.682. The van der Waals surface area contributed by atoms with Crippen LogP contribution in [0.15, 0.2) is 41.1 Å². The minimum Gasteiger partial charge on any atom is -0.494 e. The number of imide groups is 1. The van der Waals surface area contributed by atoms with E-state index in [4.69, 9.17) is 4.74 Å². The van der Waals surface area contributed by atoms with Gasteiger partial charge in [0.2, 0.25) is 0 Å². The summed E-state index contributed by atoms with van der Waals surface area (Å²) in [6, 6.07) is 9.94. The first-order valence-electron chi connectivity index (χ1n) is 10.6. The van der Waals surface area contributed by atoms with Gasteiger partial charge in [0.05, 0.1) is 13.2 Å². The standard InChI is InChI=1S/C23H29N3O3S/c1-3-29-20-6-4-17(5-7-20)14-25-11-8-19(9-12-25)23(2)21(27)26(22(28)24-23)15-18-10-13-30-16-18/h4-7,10,13,16,19H,3,8-9,11-12,14-15H2,1-2H3,(H,24,28)/t23-/m1/s1. The zero-order chi connectivity index (χ0) is 21.1. The van der Waals surface area contributed by atoms with E-state index in [0.717, 1.165) is 43.8 Å². The van der Waals surface area contributed by atoms with Crippen molar-refractivity contribution in [3.8, 4) is 5.75 Å². The first-order valence-corrected chi connectivity index (χ1v) is 11.5. The van der Waals surface area contributed by atoms with E-state index in [-0.39, 0.29) is 17.9 Å². The maximum Gasteiger partial charge on any atom is 0.325 e. The van der Waals surface area contributed by atoms with Crippen molar-refractivity contribution in [3.05, 3.63) is 52.2 Å². The molecule has 30 heavy (non-hydrogen) atoms. The van der Waals surface area contributed by atoms with Gasteiger partial charge < -0.3 is 10.1 Å². The number of hydrogen-bond donors (Lipinski definition) is 1. The van der Waals surface area contributed by atoms with Gasteiger partial charge in [-0.3, -0.25) is 14.6 Å². The molecular formula is C23H29N3O3S. The van der Waals surface area contributed by atoms with Crippen molar-refractivity contribution in [1.82, 2.24) is 15.1 Å². The Morgan fingerprint density at radius 3 is 2.47 bits per heavy atom. The van der Waals surface area contributed by atoms with E-state index in [0.29, 0.717) is 13.2 Å². The molecule has 1 aromatic carbocycles. The predicted octanol–water partition coefficient (Wildman–Crippen LogP) is 3.87. The summed E-state index contributed by atoms with van der Waals surface area (Å²) in [5.41, 5.74) is 1.45. The number of piperidine rings is 1. The Kier molecular flexibility index (Phi) is 6.11. The first kappa shape index (κ1) is 20.9. The molecule has 0 radical (unpaired) electrons. The summed E-state index contributed by atoms with van der Waals surface area (Å²) in [5, 5.41) is 6.95. The lowest BCUT2D eigenvalue weighted by molar-refractivity contribution is -0.133. The van der Waals surface area contributed by atoms with Gasteiger partial charge in [-0.1, -0.05) is 12.1 Å². The number of nitrogens with zero attached hydrogens (tertiary/aromatic N) is 2. The van der Waals surface area contributed by atoms with Crippen LogP contribution in [0.25, 0.3) is 0 Å². The Labute approximate surface area is 181 Å². The van der Waals surface area contributed by atoms with E-state index in [1.807, 2.05) is 42.8 Å². The van der Waals surface area contributed by atoms with E-state index >= 15 is 0 Å². The van der Waals surface area contributed by atoms with Gasteiger partial charge in [-0.2, -0.15) is 11.3 Å². The highest BCUT2D eigenvalue weighted by Gasteiger charge is 2.52. The highest BCUT2D eigenvalue weighted by molar-refractivity contribution is 7.07. The van der Waals surface area contributed by atoms with Crippen LogP contribution >= 0.6 is 11.3 Å². The topological polar surface area (TPSA) is 61.9 Å². The SMILES string of the molecule is CCOc1ccc(CN2CCC([C@@]3(C)NC(=O)N(Cc4ccsc4)C3=O)CC2)cc1. The number of carbonyl (C=O) groups is 2. The van der Waals surface area contributed by atoms with Crippen molar-refractivity contribution in [2.24, 2.45) is 5.92 Å². The molecule has 0 spiro atoms. The van der Waals surface area contributed by atoms with Crippen LogP contribution in [0.3, 0.4) is 0 Å². The number of benzene rings is 1. The van der Waals surface area contributed by atoms with Crippen LogP contribution in [0.2, 0.25) is 0 Å². The summed E-state index contributed by atoms with van der Waals surface area (Å²) < 4.78 is 5.51. The van der Waals surface area contributed by atoms with Crippen LogP contribution in [0.4, 0.5) is 4.79 Å². The second-order valence-electron chi connectivity index (χ2n) is 8.28. The number of nitrogens with one attached hydrogen (secondary N) is 1. The Morgan fingerprint density at radius 1 is 1.10 bits per heavy atom. The molecule has 7 heteroatoms. The molecule has 2 saturated heterocycles. The molecule has 1 atom stereocenters. The third kappa shape index (κ3) is 4.23. The third-order valence-electron chi connectivity index (χ3n) is 6.27. The maximum absolute atomic E-state index is 13.1. The maximum atomic E-state index is 13.1. The molecule has 0 saturated carbocycles. The normalized spacial score (nSPS) is 23.1. The van der Waals surface area contributed by atoms with E-state index in [1.165, 1.54) is 10.5 Å². The van der Waals surface area contributed by atoms with Gasteiger partial charge in [0, 0.05) is 6.54 Å². The van der Waals surface area contributed by atoms with Gasteiger partial charge in [-0.25, -0.2) is 4.79 Å². The summed E-state index contributed by atoms with van der Waals surface area (Å²) in [4.78, 5) is 29.5. The fourth-order valence-electron chi connectivity index (χ4n) is 4.49. The number of thiophene rings is 1. The number of urea groups is 1. The monoisotopic (exact) mass is 427 g/mol. The molecular weight excluding hydrogens is 398 g/mol. The fourth-order valence-corrected chi connectivity index (χ4v) is 5.15. The average Bonchev–Trinajstić information content (AvgIpc) is 3.33. The second kappa shape index (κ2) is 8.78. The zero-order valence-corrected chi connectivity index (χ0v) is 18.4. The van der Waals surface area contributed by atoms with Crippen molar-refractivity contribution >= 4 is 23.3 Å². The number of amides is 3. The lowest BCUT2D eigenvalue weighted by Crippen LogP contribution is -2.53. The smallest absolute Gasteiger partial charge is 0.325 e. The van der Waals surface area contributed by atoms with Gasteiger partial charge >= 0.3 is 6.03 Å². The minimum absolute atomic E-state index is 0.0938. The van der Waals surface area contributed by atoms with E-state index < -0.39 is 5.54 Å². The molecule has 160 valence electrons. The first-order chi connectivity index (χ1) is 14.5. The minimum atomic E-state index is -0.807. The van der Waals surface area contributed by atoms with Crippen LogP contribution in [0.5, 0.6) is 5.75 Å². The van der Waals surface area contributed by atoms with Crippen molar-refractivity contribution in [1.29, 1.82) is 0 Å². The summed E-state index contributed by atoms with van der Waals surface area (Å²) in [7, 11) is 0. The second-order valence-corrected chi connectivity index (χ2v) is 9.06. The lowest BCUT2D eigenvalue weighted by atomic mass is 9.79. The lowest BCUT2D eigenvalue weighted by Gasteiger charge is -2.39. The van der Waals surface area contributed by atoms with Gasteiger partial charge in [0.15, 0.2) is 0 Å². The largest absolute Gasteiger partial charge is 0.494 e. The Bertz CT molecular complexity index is 876. The van der Waals surface area contributed by atoms with Crippen LogP contribution in [0, 0.1) is 5.92 Å². The Morgan fingerprint density at radius 2 is 1.83 bits per heavy atom.